The first-order chi connectivity index (χ1) is 8.20. The molecular formula is C12H19N3O2. The van der Waals surface area contributed by atoms with Crippen molar-refractivity contribution in [2.24, 2.45) is 13.0 Å². The van der Waals surface area contributed by atoms with E-state index in [9.17, 15) is 4.79 Å². The average molecular weight is 237 g/mol. The summed E-state index contributed by atoms with van der Waals surface area (Å²) in [5, 5.41) is 4.10. The normalized spacial score (nSPS) is 16.4. The van der Waals surface area contributed by atoms with Crippen molar-refractivity contribution < 1.29 is 9.53 Å². The molecule has 1 heterocycles. The number of aromatic nitrogens is 3. The van der Waals surface area contributed by atoms with Gasteiger partial charge in [0.05, 0.1) is 6.61 Å². The summed E-state index contributed by atoms with van der Waals surface area (Å²) in [6.45, 7) is 2.13. The molecule has 1 aliphatic rings. The van der Waals surface area contributed by atoms with Gasteiger partial charge in [0.15, 0.2) is 0 Å². The van der Waals surface area contributed by atoms with Gasteiger partial charge in [-0.15, -0.1) is 5.10 Å². The van der Waals surface area contributed by atoms with Gasteiger partial charge in [-0.05, 0) is 12.8 Å². The minimum atomic E-state index is -0.430. The molecule has 0 atom stereocenters. The van der Waals surface area contributed by atoms with Crippen LogP contribution in [0.2, 0.25) is 0 Å². The highest BCUT2D eigenvalue weighted by molar-refractivity contribution is 5.84. The Kier molecular flexibility index (Phi) is 3.76. The second-order valence-electron chi connectivity index (χ2n) is 4.55. The predicted molar refractivity (Wildman–Crippen MR) is 62.6 cm³/mol. The molecule has 1 saturated carbocycles. The lowest BCUT2D eigenvalue weighted by Gasteiger charge is -2.06. The van der Waals surface area contributed by atoms with Crippen LogP contribution in [0.5, 0.6) is 0 Å². The van der Waals surface area contributed by atoms with E-state index in [2.05, 4.69) is 10.1 Å². The standard InChI is InChI=1S/C12H19N3O2/c1-3-17-12(16)11-13-10(15(2)14-11)8-9-6-4-5-7-9/h9H,3-8H2,1-2H3. The minimum absolute atomic E-state index is 0.183. The van der Waals surface area contributed by atoms with E-state index in [-0.39, 0.29) is 5.82 Å². The smallest absolute Gasteiger partial charge is 0.378 e. The summed E-state index contributed by atoms with van der Waals surface area (Å²) in [7, 11) is 1.83. The Labute approximate surface area is 101 Å². The van der Waals surface area contributed by atoms with E-state index in [0.29, 0.717) is 12.5 Å². The van der Waals surface area contributed by atoms with E-state index >= 15 is 0 Å². The van der Waals surface area contributed by atoms with Crippen LogP contribution in [0.25, 0.3) is 0 Å². The maximum absolute atomic E-state index is 11.5. The molecular weight excluding hydrogens is 218 g/mol. The molecule has 0 unspecified atom stereocenters. The summed E-state index contributed by atoms with van der Waals surface area (Å²) in [4.78, 5) is 15.8. The molecule has 5 nitrogen and oxygen atoms in total. The molecule has 0 spiro atoms. The fourth-order valence-electron chi connectivity index (χ4n) is 2.35. The van der Waals surface area contributed by atoms with Crippen LogP contribution in [0.4, 0.5) is 0 Å². The van der Waals surface area contributed by atoms with Crippen molar-refractivity contribution >= 4 is 5.97 Å². The van der Waals surface area contributed by atoms with Crippen LogP contribution < -0.4 is 0 Å². The van der Waals surface area contributed by atoms with Gasteiger partial charge < -0.3 is 4.74 Å². The van der Waals surface area contributed by atoms with Gasteiger partial charge in [-0.3, -0.25) is 4.68 Å². The highest BCUT2D eigenvalue weighted by Crippen LogP contribution is 2.27. The van der Waals surface area contributed by atoms with Crippen molar-refractivity contribution in [3.63, 3.8) is 0 Å². The molecule has 1 aliphatic carbocycles. The summed E-state index contributed by atoms with van der Waals surface area (Å²) in [5.74, 6) is 1.34. The van der Waals surface area contributed by atoms with E-state index in [1.165, 1.54) is 25.7 Å². The van der Waals surface area contributed by atoms with Crippen LogP contribution in [-0.4, -0.2) is 27.3 Å². The number of esters is 1. The zero-order valence-electron chi connectivity index (χ0n) is 10.5. The summed E-state index contributed by atoms with van der Waals surface area (Å²) < 4.78 is 6.59. The van der Waals surface area contributed by atoms with Gasteiger partial charge in [0.25, 0.3) is 5.82 Å². The second-order valence-corrected chi connectivity index (χ2v) is 4.55. The number of carbonyl (C=O) groups is 1. The zero-order valence-corrected chi connectivity index (χ0v) is 10.5. The molecule has 2 rings (SSSR count). The number of hydrogen-bond acceptors (Lipinski definition) is 4. The Morgan fingerprint density at radius 2 is 2.18 bits per heavy atom. The van der Waals surface area contributed by atoms with Crippen molar-refractivity contribution in [3.8, 4) is 0 Å². The van der Waals surface area contributed by atoms with Gasteiger partial charge in [-0.25, -0.2) is 9.78 Å². The van der Waals surface area contributed by atoms with E-state index in [1.807, 2.05) is 7.05 Å². The Morgan fingerprint density at radius 3 is 2.82 bits per heavy atom. The van der Waals surface area contributed by atoms with Gasteiger partial charge in [-0.2, -0.15) is 0 Å². The molecule has 1 fully saturated rings. The number of aryl methyl sites for hydroxylation is 1. The fraction of sp³-hybridized carbons (Fsp3) is 0.750. The Morgan fingerprint density at radius 1 is 1.47 bits per heavy atom. The highest BCUT2D eigenvalue weighted by atomic mass is 16.5. The molecule has 0 aliphatic heterocycles. The number of rotatable bonds is 4. The third kappa shape index (κ3) is 2.84. The second kappa shape index (κ2) is 5.29. The summed E-state index contributed by atoms with van der Waals surface area (Å²) in [6, 6.07) is 0. The van der Waals surface area contributed by atoms with Gasteiger partial charge in [0.2, 0.25) is 0 Å². The highest BCUT2D eigenvalue weighted by Gasteiger charge is 2.21. The van der Waals surface area contributed by atoms with Crippen molar-refractivity contribution in [2.45, 2.75) is 39.0 Å². The predicted octanol–water partition coefficient (Wildman–Crippen LogP) is 1.72. The molecule has 0 saturated heterocycles. The lowest BCUT2D eigenvalue weighted by Crippen LogP contribution is -2.07. The molecule has 5 heteroatoms. The first-order valence-electron chi connectivity index (χ1n) is 6.27. The first-order valence-corrected chi connectivity index (χ1v) is 6.27. The topological polar surface area (TPSA) is 57.0 Å². The Balaban J connectivity index is 2.04. The van der Waals surface area contributed by atoms with Crippen LogP contribution in [0.3, 0.4) is 0 Å². The molecule has 1 aromatic rings. The minimum Gasteiger partial charge on any atom is -0.460 e. The Bertz CT molecular complexity index is 394. The molecule has 0 N–H and O–H groups in total. The van der Waals surface area contributed by atoms with Gasteiger partial charge in [0.1, 0.15) is 5.82 Å². The van der Waals surface area contributed by atoms with Crippen LogP contribution in [0, 0.1) is 5.92 Å². The maximum atomic E-state index is 11.5. The average Bonchev–Trinajstić information content (AvgIpc) is 2.91. The lowest BCUT2D eigenvalue weighted by atomic mass is 10.0. The molecule has 1 aromatic heterocycles. The number of carbonyl (C=O) groups excluding carboxylic acids is 1. The summed E-state index contributed by atoms with van der Waals surface area (Å²) >= 11 is 0. The van der Waals surface area contributed by atoms with Gasteiger partial charge >= 0.3 is 5.97 Å². The van der Waals surface area contributed by atoms with E-state index in [0.717, 1.165) is 12.2 Å². The van der Waals surface area contributed by atoms with Crippen LogP contribution in [0.1, 0.15) is 49.1 Å². The molecule has 17 heavy (non-hydrogen) atoms. The first kappa shape index (κ1) is 12.1. The molecule has 0 radical (unpaired) electrons. The number of ether oxygens (including phenoxy) is 1. The van der Waals surface area contributed by atoms with E-state index in [1.54, 1.807) is 11.6 Å². The fourth-order valence-corrected chi connectivity index (χ4v) is 2.35. The van der Waals surface area contributed by atoms with Crippen LogP contribution >= 0.6 is 0 Å². The lowest BCUT2D eigenvalue weighted by molar-refractivity contribution is 0.0511. The third-order valence-corrected chi connectivity index (χ3v) is 3.26. The third-order valence-electron chi connectivity index (χ3n) is 3.26. The van der Waals surface area contributed by atoms with Crippen molar-refractivity contribution in [1.29, 1.82) is 0 Å². The number of nitrogens with zero attached hydrogens (tertiary/aromatic N) is 3. The molecule has 0 amide bonds. The monoisotopic (exact) mass is 237 g/mol. The van der Waals surface area contributed by atoms with E-state index < -0.39 is 5.97 Å². The van der Waals surface area contributed by atoms with Crippen LogP contribution in [0.15, 0.2) is 0 Å². The summed E-state index contributed by atoms with van der Waals surface area (Å²) in [5.41, 5.74) is 0. The largest absolute Gasteiger partial charge is 0.460 e. The van der Waals surface area contributed by atoms with Gasteiger partial charge in [0, 0.05) is 13.5 Å². The van der Waals surface area contributed by atoms with Crippen LogP contribution in [-0.2, 0) is 18.2 Å². The zero-order chi connectivity index (χ0) is 12.3. The molecule has 94 valence electrons. The molecule has 0 aromatic carbocycles. The maximum Gasteiger partial charge on any atom is 0.378 e. The molecule has 0 bridgehead atoms. The van der Waals surface area contributed by atoms with E-state index in [4.69, 9.17) is 4.74 Å². The van der Waals surface area contributed by atoms with Crippen molar-refractivity contribution in [3.05, 3.63) is 11.6 Å². The SMILES string of the molecule is CCOC(=O)c1nc(CC2CCCC2)n(C)n1. The van der Waals surface area contributed by atoms with Crippen molar-refractivity contribution in [1.82, 2.24) is 14.8 Å². The van der Waals surface area contributed by atoms with Gasteiger partial charge in [-0.1, -0.05) is 25.7 Å². The number of hydrogen-bond donors (Lipinski definition) is 0. The Hall–Kier alpha value is -1.39. The van der Waals surface area contributed by atoms with Crippen molar-refractivity contribution in [2.75, 3.05) is 6.61 Å². The quantitative estimate of drug-likeness (QED) is 0.748. The summed E-state index contributed by atoms with van der Waals surface area (Å²) in [6.07, 6.45) is 6.08.